The molecule has 0 spiro atoms. The molecule has 15 heavy (non-hydrogen) atoms. The first-order valence-electron chi connectivity index (χ1n) is 5.81. The maximum absolute atomic E-state index is 4.26. The van der Waals surface area contributed by atoms with Gasteiger partial charge in [-0.15, -0.1) is 0 Å². The SMILES string of the molecule is CCCNCc1ncnn1CCC(C)C. The zero-order valence-electron chi connectivity index (χ0n) is 10.0. The minimum Gasteiger partial charge on any atom is -0.310 e. The van der Waals surface area contributed by atoms with Gasteiger partial charge in [-0.3, -0.25) is 0 Å². The van der Waals surface area contributed by atoms with E-state index in [1.54, 1.807) is 6.33 Å². The Balaban J connectivity index is 2.39. The molecule has 0 aliphatic carbocycles. The van der Waals surface area contributed by atoms with Crippen LogP contribution < -0.4 is 5.32 Å². The molecular weight excluding hydrogens is 188 g/mol. The zero-order valence-corrected chi connectivity index (χ0v) is 10.0. The molecule has 1 heterocycles. The van der Waals surface area contributed by atoms with Crippen molar-refractivity contribution >= 4 is 0 Å². The van der Waals surface area contributed by atoms with E-state index in [9.17, 15) is 0 Å². The second kappa shape index (κ2) is 6.56. The molecule has 0 saturated carbocycles. The van der Waals surface area contributed by atoms with Gasteiger partial charge in [0.05, 0.1) is 6.54 Å². The van der Waals surface area contributed by atoms with Crippen molar-refractivity contribution in [3.8, 4) is 0 Å². The lowest BCUT2D eigenvalue weighted by Gasteiger charge is -2.08. The van der Waals surface area contributed by atoms with Gasteiger partial charge in [0.1, 0.15) is 12.2 Å². The van der Waals surface area contributed by atoms with Crippen LogP contribution in [0.3, 0.4) is 0 Å². The van der Waals surface area contributed by atoms with E-state index in [0.29, 0.717) is 5.92 Å². The van der Waals surface area contributed by atoms with Crippen LogP contribution in [-0.2, 0) is 13.1 Å². The summed E-state index contributed by atoms with van der Waals surface area (Å²) < 4.78 is 2.00. The van der Waals surface area contributed by atoms with Crippen molar-refractivity contribution in [3.63, 3.8) is 0 Å². The molecule has 0 unspecified atom stereocenters. The van der Waals surface area contributed by atoms with Crippen LogP contribution in [0, 0.1) is 5.92 Å². The van der Waals surface area contributed by atoms with Crippen molar-refractivity contribution in [3.05, 3.63) is 12.2 Å². The predicted octanol–water partition coefficient (Wildman–Crippen LogP) is 1.82. The monoisotopic (exact) mass is 210 g/mol. The van der Waals surface area contributed by atoms with Gasteiger partial charge in [0, 0.05) is 6.54 Å². The van der Waals surface area contributed by atoms with Crippen molar-refractivity contribution in [2.45, 2.75) is 46.7 Å². The van der Waals surface area contributed by atoms with E-state index >= 15 is 0 Å². The molecule has 0 bridgehead atoms. The van der Waals surface area contributed by atoms with Crippen LogP contribution in [0.4, 0.5) is 0 Å². The molecule has 86 valence electrons. The lowest BCUT2D eigenvalue weighted by atomic mass is 10.1. The van der Waals surface area contributed by atoms with E-state index in [2.05, 4.69) is 36.2 Å². The standard InChI is InChI=1S/C11H22N4/c1-4-6-12-8-11-13-9-14-15(11)7-5-10(2)3/h9-10,12H,4-8H2,1-3H3. The number of hydrogen-bond donors (Lipinski definition) is 1. The quantitative estimate of drug-likeness (QED) is 0.698. The van der Waals surface area contributed by atoms with Gasteiger partial charge in [0.2, 0.25) is 0 Å². The van der Waals surface area contributed by atoms with Gasteiger partial charge in [-0.1, -0.05) is 20.8 Å². The Labute approximate surface area is 92.1 Å². The summed E-state index contributed by atoms with van der Waals surface area (Å²) in [4.78, 5) is 4.26. The first kappa shape index (κ1) is 12.2. The third-order valence-electron chi connectivity index (χ3n) is 2.32. The topological polar surface area (TPSA) is 42.7 Å². The summed E-state index contributed by atoms with van der Waals surface area (Å²) in [6.07, 6.45) is 3.95. The molecule has 4 heteroatoms. The zero-order chi connectivity index (χ0) is 11.1. The Kier molecular flexibility index (Phi) is 5.32. The van der Waals surface area contributed by atoms with E-state index in [-0.39, 0.29) is 0 Å². The third kappa shape index (κ3) is 4.42. The largest absolute Gasteiger partial charge is 0.310 e. The summed E-state index contributed by atoms with van der Waals surface area (Å²) in [5.74, 6) is 1.76. The van der Waals surface area contributed by atoms with Gasteiger partial charge in [-0.05, 0) is 25.3 Å². The Hall–Kier alpha value is -0.900. The maximum atomic E-state index is 4.26. The average Bonchev–Trinajstić information content (AvgIpc) is 2.63. The summed E-state index contributed by atoms with van der Waals surface area (Å²) in [5, 5.41) is 7.57. The third-order valence-corrected chi connectivity index (χ3v) is 2.32. The van der Waals surface area contributed by atoms with Gasteiger partial charge in [0.25, 0.3) is 0 Å². The molecule has 1 aromatic heterocycles. The number of rotatable bonds is 7. The summed E-state index contributed by atoms with van der Waals surface area (Å²) in [7, 11) is 0. The van der Waals surface area contributed by atoms with Crippen LogP contribution in [0.25, 0.3) is 0 Å². The molecule has 1 rings (SSSR count). The lowest BCUT2D eigenvalue weighted by Crippen LogP contribution is -2.18. The highest BCUT2D eigenvalue weighted by atomic mass is 15.3. The van der Waals surface area contributed by atoms with Gasteiger partial charge in [-0.2, -0.15) is 5.10 Å². The van der Waals surface area contributed by atoms with E-state index in [1.807, 2.05) is 4.68 Å². The van der Waals surface area contributed by atoms with Gasteiger partial charge < -0.3 is 5.32 Å². The predicted molar refractivity (Wildman–Crippen MR) is 61.5 cm³/mol. The fourth-order valence-corrected chi connectivity index (χ4v) is 1.37. The minimum absolute atomic E-state index is 0.714. The van der Waals surface area contributed by atoms with Crippen molar-refractivity contribution in [2.75, 3.05) is 6.54 Å². The fraction of sp³-hybridized carbons (Fsp3) is 0.818. The molecule has 0 aromatic carbocycles. The molecular formula is C11H22N4. The molecule has 1 aromatic rings. The molecule has 1 N–H and O–H groups in total. The fourth-order valence-electron chi connectivity index (χ4n) is 1.37. The smallest absolute Gasteiger partial charge is 0.140 e. The summed E-state index contributed by atoms with van der Waals surface area (Å²) in [6.45, 7) is 9.46. The van der Waals surface area contributed by atoms with Crippen molar-refractivity contribution in [1.29, 1.82) is 0 Å². The van der Waals surface area contributed by atoms with Crippen molar-refractivity contribution in [1.82, 2.24) is 20.1 Å². The molecule has 4 nitrogen and oxygen atoms in total. The summed E-state index contributed by atoms with van der Waals surface area (Å²) in [6, 6.07) is 0. The normalized spacial score (nSPS) is 11.2. The summed E-state index contributed by atoms with van der Waals surface area (Å²) >= 11 is 0. The van der Waals surface area contributed by atoms with E-state index in [1.165, 1.54) is 0 Å². The molecule has 0 aliphatic rings. The minimum atomic E-state index is 0.714. The van der Waals surface area contributed by atoms with Crippen LogP contribution >= 0.6 is 0 Å². The van der Waals surface area contributed by atoms with Gasteiger partial charge in [-0.25, -0.2) is 9.67 Å². The van der Waals surface area contributed by atoms with Crippen molar-refractivity contribution in [2.24, 2.45) is 5.92 Å². The first-order chi connectivity index (χ1) is 7.24. The van der Waals surface area contributed by atoms with Crippen LogP contribution in [-0.4, -0.2) is 21.3 Å². The van der Waals surface area contributed by atoms with Crippen LogP contribution in [0.15, 0.2) is 6.33 Å². The second-order valence-electron chi connectivity index (χ2n) is 4.26. The number of aromatic nitrogens is 3. The summed E-state index contributed by atoms with van der Waals surface area (Å²) in [5.41, 5.74) is 0. The number of hydrogen-bond acceptors (Lipinski definition) is 3. The maximum Gasteiger partial charge on any atom is 0.140 e. The Bertz CT molecular complexity index is 267. The molecule has 0 atom stereocenters. The Morgan fingerprint density at radius 2 is 2.27 bits per heavy atom. The molecule has 0 aliphatic heterocycles. The number of nitrogens with zero attached hydrogens (tertiary/aromatic N) is 3. The van der Waals surface area contributed by atoms with E-state index in [4.69, 9.17) is 0 Å². The van der Waals surface area contributed by atoms with E-state index < -0.39 is 0 Å². The Morgan fingerprint density at radius 3 is 2.93 bits per heavy atom. The highest BCUT2D eigenvalue weighted by Crippen LogP contribution is 2.03. The molecule has 0 amide bonds. The van der Waals surface area contributed by atoms with Crippen LogP contribution in [0.5, 0.6) is 0 Å². The number of aryl methyl sites for hydroxylation is 1. The van der Waals surface area contributed by atoms with Crippen LogP contribution in [0.2, 0.25) is 0 Å². The lowest BCUT2D eigenvalue weighted by molar-refractivity contribution is 0.466. The molecule has 0 fully saturated rings. The van der Waals surface area contributed by atoms with Crippen LogP contribution in [0.1, 0.15) is 39.4 Å². The second-order valence-corrected chi connectivity index (χ2v) is 4.26. The molecule has 0 saturated heterocycles. The Morgan fingerprint density at radius 1 is 1.47 bits per heavy atom. The first-order valence-corrected chi connectivity index (χ1v) is 5.81. The highest BCUT2D eigenvalue weighted by Gasteiger charge is 2.04. The number of nitrogens with one attached hydrogen (secondary N) is 1. The molecule has 0 radical (unpaired) electrons. The van der Waals surface area contributed by atoms with Gasteiger partial charge in [0.15, 0.2) is 0 Å². The van der Waals surface area contributed by atoms with Gasteiger partial charge >= 0.3 is 0 Å². The van der Waals surface area contributed by atoms with Crippen molar-refractivity contribution < 1.29 is 0 Å². The highest BCUT2D eigenvalue weighted by molar-refractivity contribution is 4.83. The van der Waals surface area contributed by atoms with E-state index in [0.717, 1.165) is 38.3 Å². The average molecular weight is 210 g/mol.